The third-order valence-corrected chi connectivity index (χ3v) is 4.77. The summed E-state index contributed by atoms with van der Waals surface area (Å²) in [6.07, 6.45) is 4.82. The fraction of sp³-hybridized carbons (Fsp3) is 0.786. The van der Waals surface area contributed by atoms with E-state index in [1.54, 1.807) is 0 Å². The van der Waals surface area contributed by atoms with Crippen LogP contribution in [-0.4, -0.2) is 42.6 Å². The van der Waals surface area contributed by atoms with Crippen LogP contribution in [0, 0.1) is 6.92 Å². The Morgan fingerprint density at radius 2 is 2.06 bits per heavy atom. The monoisotopic (exact) mass is 267 g/mol. The minimum Gasteiger partial charge on any atom is -0.314 e. The zero-order valence-electron chi connectivity index (χ0n) is 11.7. The van der Waals surface area contributed by atoms with Gasteiger partial charge in [0.25, 0.3) is 0 Å². The van der Waals surface area contributed by atoms with Gasteiger partial charge in [-0.15, -0.1) is 11.3 Å². The predicted octanol–water partition coefficient (Wildman–Crippen LogP) is 2.24. The maximum absolute atomic E-state index is 4.66. The largest absolute Gasteiger partial charge is 0.314 e. The molecule has 3 nitrogen and oxygen atoms in total. The van der Waals surface area contributed by atoms with Crippen molar-refractivity contribution in [2.75, 3.05) is 32.7 Å². The third kappa shape index (κ3) is 4.04. The van der Waals surface area contributed by atoms with E-state index >= 15 is 0 Å². The minimum atomic E-state index is 1.14. The summed E-state index contributed by atoms with van der Waals surface area (Å²) in [4.78, 5) is 8.74. The van der Waals surface area contributed by atoms with Gasteiger partial charge in [-0.2, -0.15) is 0 Å². The molecule has 0 saturated carbocycles. The Kier molecular flexibility index (Phi) is 5.60. The smallest absolute Gasteiger partial charge is 0.0930 e. The van der Waals surface area contributed by atoms with Gasteiger partial charge >= 0.3 is 0 Å². The lowest BCUT2D eigenvalue weighted by Crippen LogP contribution is -2.43. The predicted molar refractivity (Wildman–Crippen MR) is 78.5 cm³/mol. The van der Waals surface area contributed by atoms with Crippen LogP contribution in [0.15, 0.2) is 0 Å². The molecule has 0 radical (unpaired) electrons. The van der Waals surface area contributed by atoms with E-state index < -0.39 is 0 Å². The summed E-state index contributed by atoms with van der Waals surface area (Å²) in [5.41, 5.74) is 1.27. The Balaban J connectivity index is 1.75. The van der Waals surface area contributed by atoms with Crippen molar-refractivity contribution in [1.82, 2.24) is 15.2 Å². The molecular formula is C14H25N3S. The van der Waals surface area contributed by atoms with Crippen LogP contribution in [0.3, 0.4) is 0 Å². The molecule has 0 unspecified atom stereocenters. The van der Waals surface area contributed by atoms with E-state index in [-0.39, 0.29) is 0 Å². The van der Waals surface area contributed by atoms with E-state index in [1.165, 1.54) is 54.5 Å². The number of rotatable bonds is 6. The maximum Gasteiger partial charge on any atom is 0.0930 e. The summed E-state index contributed by atoms with van der Waals surface area (Å²) >= 11 is 1.93. The van der Waals surface area contributed by atoms with Crippen molar-refractivity contribution in [3.63, 3.8) is 0 Å². The quantitative estimate of drug-likeness (QED) is 0.857. The number of hydrogen-bond acceptors (Lipinski definition) is 4. The molecule has 1 N–H and O–H groups in total. The fourth-order valence-electron chi connectivity index (χ4n) is 2.44. The molecule has 2 heterocycles. The molecule has 0 bridgehead atoms. The van der Waals surface area contributed by atoms with Gasteiger partial charge < -0.3 is 10.2 Å². The minimum absolute atomic E-state index is 1.14. The van der Waals surface area contributed by atoms with E-state index in [4.69, 9.17) is 0 Å². The second kappa shape index (κ2) is 7.22. The standard InChI is InChI=1S/C14H25N3S/c1-3-5-14-16-12(2)13(18-14)6-4-9-17-10-7-15-8-11-17/h15H,3-11H2,1-2H3. The van der Waals surface area contributed by atoms with Gasteiger partial charge in [-0.1, -0.05) is 6.92 Å². The lowest BCUT2D eigenvalue weighted by atomic mass is 10.2. The first-order valence-electron chi connectivity index (χ1n) is 7.18. The molecule has 1 aliphatic rings. The molecule has 1 fully saturated rings. The number of hydrogen-bond donors (Lipinski definition) is 1. The second-order valence-electron chi connectivity index (χ2n) is 5.06. The molecular weight excluding hydrogens is 242 g/mol. The Hall–Kier alpha value is -0.450. The highest BCUT2D eigenvalue weighted by Gasteiger charge is 2.10. The summed E-state index contributed by atoms with van der Waals surface area (Å²) in [5, 5.41) is 4.73. The molecule has 2 rings (SSSR count). The Labute approximate surface area is 115 Å². The molecule has 102 valence electrons. The van der Waals surface area contributed by atoms with Crippen molar-refractivity contribution in [1.29, 1.82) is 0 Å². The summed E-state index contributed by atoms with van der Waals surface area (Å²) in [6.45, 7) is 10.4. The summed E-state index contributed by atoms with van der Waals surface area (Å²) in [7, 11) is 0. The zero-order valence-corrected chi connectivity index (χ0v) is 12.5. The van der Waals surface area contributed by atoms with Crippen LogP contribution in [0.25, 0.3) is 0 Å². The molecule has 4 heteroatoms. The van der Waals surface area contributed by atoms with Gasteiger partial charge in [0.1, 0.15) is 0 Å². The van der Waals surface area contributed by atoms with Crippen molar-refractivity contribution in [3.05, 3.63) is 15.6 Å². The first-order valence-corrected chi connectivity index (χ1v) is 7.99. The molecule has 0 aromatic carbocycles. The van der Waals surface area contributed by atoms with Gasteiger partial charge in [-0.25, -0.2) is 4.98 Å². The van der Waals surface area contributed by atoms with Crippen LogP contribution in [0.1, 0.15) is 35.3 Å². The van der Waals surface area contributed by atoms with Crippen LogP contribution < -0.4 is 5.32 Å². The van der Waals surface area contributed by atoms with E-state index in [0.29, 0.717) is 0 Å². The number of piperazine rings is 1. The maximum atomic E-state index is 4.66. The van der Waals surface area contributed by atoms with E-state index in [9.17, 15) is 0 Å². The highest BCUT2D eigenvalue weighted by Crippen LogP contribution is 2.20. The van der Waals surface area contributed by atoms with Crippen LogP contribution >= 0.6 is 11.3 Å². The molecule has 0 spiro atoms. The van der Waals surface area contributed by atoms with Gasteiger partial charge in [-0.3, -0.25) is 0 Å². The van der Waals surface area contributed by atoms with Gasteiger partial charge in [0.15, 0.2) is 0 Å². The van der Waals surface area contributed by atoms with Crippen LogP contribution in [-0.2, 0) is 12.8 Å². The van der Waals surface area contributed by atoms with Crippen LogP contribution in [0.5, 0.6) is 0 Å². The lowest BCUT2D eigenvalue weighted by Gasteiger charge is -2.26. The Morgan fingerprint density at radius 1 is 1.28 bits per heavy atom. The van der Waals surface area contributed by atoms with Crippen molar-refractivity contribution in [2.45, 2.75) is 39.5 Å². The van der Waals surface area contributed by atoms with Crippen molar-refractivity contribution in [2.24, 2.45) is 0 Å². The van der Waals surface area contributed by atoms with Gasteiger partial charge in [-0.05, 0) is 39.2 Å². The van der Waals surface area contributed by atoms with Crippen LogP contribution in [0.4, 0.5) is 0 Å². The van der Waals surface area contributed by atoms with E-state index in [0.717, 1.165) is 19.5 Å². The molecule has 1 aromatic rings. The third-order valence-electron chi connectivity index (χ3n) is 3.49. The number of aromatic nitrogens is 1. The molecule has 1 aliphatic heterocycles. The summed E-state index contributed by atoms with van der Waals surface area (Å²) in [5.74, 6) is 0. The molecule has 1 saturated heterocycles. The number of thiazole rings is 1. The lowest BCUT2D eigenvalue weighted by molar-refractivity contribution is 0.239. The van der Waals surface area contributed by atoms with Crippen molar-refractivity contribution in [3.8, 4) is 0 Å². The SMILES string of the molecule is CCCc1nc(C)c(CCCN2CCNCC2)s1. The number of aryl methyl sites for hydroxylation is 3. The highest BCUT2D eigenvalue weighted by molar-refractivity contribution is 7.11. The number of nitrogens with one attached hydrogen (secondary N) is 1. The Morgan fingerprint density at radius 3 is 2.78 bits per heavy atom. The highest BCUT2D eigenvalue weighted by atomic mass is 32.1. The average Bonchev–Trinajstić information content (AvgIpc) is 2.72. The molecule has 1 aromatic heterocycles. The van der Waals surface area contributed by atoms with Gasteiger partial charge in [0.05, 0.1) is 10.7 Å². The summed E-state index contributed by atoms with van der Waals surface area (Å²) in [6, 6.07) is 0. The molecule has 0 aliphatic carbocycles. The van der Waals surface area contributed by atoms with E-state index in [1.807, 2.05) is 11.3 Å². The van der Waals surface area contributed by atoms with Gasteiger partial charge in [0.2, 0.25) is 0 Å². The molecule has 0 atom stereocenters. The normalized spacial score (nSPS) is 17.2. The van der Waals surface area contributed by atoms with E-state index in [2.05, 4.69) is 29.0 Å². The zero-order chi connectivity index (χ0) is 12.8. The number of nitrogens with zero attached hydrogens (tertiary/aromatic N) is 2. The first kappa shape index (κ1) is 14.0. The van der Waals surface area contributed by atoms with Crippen LogP contribution in [0.2, 0.25) is 0 Å². The summed E-state index contributed by atoms with van der Waals surface area (Å²) < 4.78 is 0. The van der Waals surface area contributed by atoms with Crippen molar-refractivity contribution >= 4 is 11.3 Å². The fourth-order valence-corrected chi connectivity index (χ4v) is 3.65. The average molecular weight is 267 g/mol. The topological polar surface area (TPSA) is 28.2 Å². The van der Waals surface area contributed by atoms with Crippen molar-refractivity contribution < 1.29 is 0 Å². The Bertz CT molecular complexity index is 356. The molecule has 18 heavy (non-hydrogen) atoms. The van der Waals surface area contributed by atoms with Gasteiger partial charge in [0, 0.05) is 31.1 Å². The first-order chi connectivity index (χ1) is 8.79. The molecule has 0 amide bonds. The second-order valence-corrected chi connectivity index (χ2v) is 6.23.